The van der Waals surface area contributed by atoms with Gasteiger partial charge in [-0.3, -0.25) is 9.59 Å². The second-order valence-corrected chi connectivity index (χ2v) is 8.05. The van der Waals surface area contributed by atoms with Gasteiger partial charge < -0.3 is 19.4 Å². The number of ether oxygens (including phenoxy) is 2. The van der Waals surface area contributed by atoms with Gasteiger partial charge in [0.1, 0.15) is 11.4 Å². The molecule has 4 aromatic rings. The molecule has 0 radical (unpaired) electrons. The molecule has 0 fully saturated rings. The van der Waals surface area contributed by atoms with E-state index >= 15 is 0 Å². The molecule has 35 heavy (non-hydrogen) atoms. The molecule has 4 rings (SSSR count). The van der Waals surface area contributed by atoms with E-state index in [1.807, 2.05) is 44.2 Å². The number of carbonyl (C=O) groups is 2. The molecule has 0 saturated carbocycles. The maximum atomic E-state index is 13.3. The molecule has 0 spiro atoms. The molecule has 178 valence electrons. The summed E-state index contributed by atoms with van der Waals surface area (Å²) >= 11 is 0. The molecule has 1 aromatic heterocycles. The molecule has 7 nitrogen and oxygen atoms in total. The van der Waals surface area contributed by atoms with Crippen molar-refractivity contribution in [3.8, 4) is 16.9 Å². The third kappa shape index (κ3) is 4.94. The fourth-order valence-corrected chi connectivity index (χ4v) is 3.95. The van der Waals surface area contributed by atoms with Gasteiger partial charge in [0.05, 0.1) is 12.3 Å². The number of anilines is 1. The first-order valence-corrected chi connectivity index (χ1v) is 11.3. The van der Waals surface area contributed by atoms with Crippen molar-refractivity contribution >= 4 is 28.3 Å². The number of carbonyl (C=O) groups excluding carboxylic acids is 2. The SMILES string of the molecule is CCOc1ccccc1NC(=O)COC(=O)c1c(-c2ccc(C)cc2)c2ccccc2c(=O)n1C. The molecule has 1 amide bonds. The van der Waals surface area contributed by atoms with Gasteiger partial charge in [0.2, 0.25) is 0 Å². The van der Waals surface area contributed by atoms with E-state index in [1.54, 1.807) is 42.5 Å². The Hall–Kier alpha value is -4.39. The van der Waals surface area contributed by atoms with Crippen LogP contribution < -0.4 is 15.6 Å². The molecular formula is C28H26N2O5. The number of fused-ring (bicyclic) bond motifs is 1. The summed E-state index contributed by atoms with van der Waals surface area (Å²) in [5.41, 5.74) is 2.66. The lowest BCUT2D eigenvalue weighted by molar-refractivity contribution is -0.119. The Labute approximate surface area is 202 Å². The van der Waals surface area contributed by atoms with Crippen molar-refractivity contribution in [1.29, 1.82) is 0 Å². The standard InChI is InChI=1S/C28H26N2O5/c1-4-34-23-12-8-7-11-22(23)29-24(31)17-35-28(33)26-25(19-15-13-18(2)14-16-19)20-9-5-6-10-21(20)27(32)30(26)3/h5-16H,4,17H2,1-3H3,(H,29,31). The van der Waals surface area contributed by atoms with E-state index in [-0.39, 0.29) is 11.3 Å². The molecule has 0 bridgehead atoms. The van der Waals surface area contributed by atoms with Crippen LogP contribution in [0.4, 0.5) is 5.69 Å². The van der Waals surface area contributed by atoms with E-state index < -0.39 is 18.5 Å². The number of nitrogens with one attached hydrogen (secondary N) is 1. The fourth-order valence-electron chi connectivity index (χ4n) is 3.95. The number of aromatic nitrogens is 1. The fraction of sp³-hybridized carbons (Fsp3) is 0.179. The van der Waals surface area contributed by atoms with Gasteiger partial charge in [0.15, 0.2) is 6.61 Å². The first-order chi connectivity index (χ1) is 16.9. The zero-order valence-corrected chi connectivity index (χ0v) is 19.8. The minimum absolute atomic E-state index is 0.0834. The summed E-state index contributed by atoms with van der Waals surface area (Å²) in [4.78, 5) is 38.8. The Balaban J connectivity index is 1.67. The van der Waals surface area contributed by atoms with Crippen molar-refractivity contribution in [2.75, 3.05) is 18.5 Å². The normalized spacial score (nSPS) is 10.7. The topological polar surface area (TPSA) is 86.6 Å². The number of rotatable bonds is 7. The van der Waals surface area contributed by atoms with E-state index in [1.165, 1.54) is 11.6 Å². The number of hydrogen-bond acceptors (Lipinski definition) is 5. The number of benzene rings is 3. The summed E-state index contributed by atoms with van der Waals surface area (Å²) in [7, 11) is 1.53. The average Bonchev–Trinajstić information content (AvgIpc) is 2.86. The minimum Gasteiger partial charge on any atom is -0.492 e. The summed E-state index contributed by atoms with van der Waals surface area (Å²) in [5.74, 6) is -0.763. The van der Waals surface area contributed by atoms with Gasteiger partial charge in [0, 0.05) is 18.0 Å². The van der Waals surface area contributed by atoms with Crippen LogP contribution in [0.15, 0.2) is 77.6 Å². The van der Waals surface area contributed by atoms with Gasteiger partial charge in [-0.15, -0.1) is 0 Å². The Morgan fingerprint density at radius 3 is 2.29 bits per heavy atom. The lowest BCUT2D eigenvalue weighted by Crippen LogP contribution is -2.28. The van der Waals surface area contributed by atoms with E-state index in [0.717, 1.165) is 11.1 Å². The van der Waals surface area contributed by atoms with Gasteiger partial charge in [-0.05, 0) is 43.0 Å². The molecule has 3 aromatic carbocycles. The van der Waals surface area contributed by atoms with Crippen LogP contribution in [0.2, 0.25) is 0 Å². The molecule has 1 heterocycles. The molecule has 1 N–H and O–H groups in total. The molecule has 0 aliphatic carbocycles. The Kier molecular flexibility index (Phi) is 6.96. The van der Waals surface area contributed by atoms with E-state index in [0.29, 0.717) is 34.4 Å². The Morgan fingerprint density at radius 2 is 1.57 bits per heavy atom. The van der Waals surface area contributed by atoms with Crippen molar-refractivity contribution in [2.45, 2.75) is 13.8 Å². The second kappa shape index (κ2) is 10.3. The second-order valence-electron chi connectivity index (χ2n) is 8.05. The molecular weight excluding hydrogens is 444 g/mol. The van der Waals surface area contributed by atoms with Crippen LogP contribution in [0.3, 0.4) is 0 Å². The zero-order valence-electron chi connectivity index (χ0n) is 19.8. The predicted molar refractivity (Wildman–Crippen MR) is 136 cm³/mol. The van der Waals surface area contributed by atoms with Gasteiger partial charge in [-0.2, -0.15) is 0 Å². The smallest absolute Gasteiger partial charge is 0.356 e. The monoisotopic (exact) mass is 470 g/mol. The lowest BCUT2D eigenvalue weighted by atomic mass is 9.96. The van der Waals surface area contributed by atoms with Crippen molar-refractivity contribution in [2.24, 2.45) is 7.05 Å². The Morgan fingerprint density at radius 1 is 0.914 bits per heavy atom. The van der Waals surface area contributed by atoms with Crippen LogP contribution in [0.5, 0.6) is 5.75 Å². The lowest BCUT2D eigenvalue weighted by Gasteiger charge is -2.17. The summed E-state index contributed by atoms with van der Waals surface area (Å²) in [6.07, 6.45) is 0. The number of pyridine rings is 1. The molecule has 0 saturated heterocycles. The quantitative estimate of drug-likeness (QED) is 0.396. The van der Waals surface area contributed by atoms with Crippen molar-refractivity contribution in [1.82, 2.24) is 4.57 Å². The number of hydrogen-bond donors (Lipinski definition) is 1. The summed E-state index contributed by atoms with van der Waals surface area (Å²) in [6, 6.07) is 21.8. The average molecular weight is 471 g/mol. The maximum Gasteiger partial charge on any atom is 0.356 e. The largest absolute Gasteiger partial charge is 0.492 e. The van der Waals surface area contributed by atoms with Crippen LogP contribution >= 0.6 is 0 Å². The van der Waals surface area contributed by atoms with Gasteiger partial charge >= 0.3 is 5.97 Å². The summed E-state index contributed by atoms with van der Waals surface area (Å²) < 4.78 is 12.2. The number of amides is 1. The van der Waals surface area contributed by atoms with Crippen LogP contribution in [0.1, 0.15) is 23.0 Å². The van der Waals surface area contributed by atoms with Crippen LogP contribution in [0, 0.1) is 6.92 Å². The maximum absolute atomic E-state index is 13.3. The van der Waals surface area contributed by atoms with Crippen LogP contribution in [-0.4, -0.2) is 29.7 Å². The number of esters is 1. The minimum atomic E-state index is -0.765. The molecule has 0 aliphatic heterocycles. The van der Waals surface area contributed by atoms with E-state index in [2.05, 4.69) is 5.32 Å². The highest BCUT2D eigenvalue weighted by Crippen LogP contribution is 2.31. The van der Waals surface area contributed by atoms with Gasteiger partial charge in [0.25, 0.3) is 11.5 Å². The highest BCUT2D eigenvalue weighted by Gasteiger charge is 2.23. The molecule has 0 aliphatic rings. The van der Waals surface area contributed by atoms with Gasteiger partial charge in [-0.1, -0.05) is 60.2 Å². The molecule has 7 heteroatoms. The predicted octanol–water partition coefficient (Wildman–Crippen LogP) is 4.71. The van der Waals surface area contributed by atoms with Crippen molar-refractivity contribution < 1.29 is 19.1 Å². The highest BCUT2D eigenvalue weighted by atomic mass is 16.5. The number of nitrogens with zero attached hydrogens (tertiary/aromatic N) is 1. The van der Waals surface area contributed by atoms with E-state index in [4.69, 9.17) is 9.47 Å². The molecule has 0 unspecified atom stereocenters. The summed E-state index contributed by atoms with van der Waals surface area (Å²) in [5, 5.41) is 3.83. The number of aryl methyl sites for hydroxylation is 1. The zero-order chi connectivity index (χ0) is 24.9. The first kappa shape index (κ1) is 23.8. The van der Waals surface area contributed by atoms with Crippen LogP contribution in [0.25, 0.3) is 21.9 Å². The van der Waals surface area contributed by atoms with Crippen molar-refractivity contribution in [3.63, 3.8) is 0 Å². The van der Waals surface area contributed by atoms with E-state index in [9.17, 15) is 14.4 Å². The van der Waals surface area contributed by atoms with Gasteiger partial charge in [-0.25, -0.2) is 4.79 Å². The summed E-state index contributed by atoms with van der Waals surface area (Å²) in [6.45, 7) is 3.74. The van der Waals surface area contributed by atoms with Crippen LogP contribution in [-0.2, 0) is 16.6 Å². The molecule has 0 atom stereocenters. The third-order valence-electron chi connectivity index (χ3n) is 5.63. The van der Waals surface area contributed by atoms with Crippen molar-refractivity contribution in [3.05, 3.63) is 94.4 Å². The Bertz CT molecular complexity index is 1450. The first-order valence-electron chi connectivity index (χ1n) is 11.3. The number of para-hydroxylation sites is 2. The highest BCUT2D eigenvalue weighted by molar-refractivity contribution is 6.07. The third-order valence-corrected chi connectivity index (χ3v) is 5.63.